The summed E-state index contributed by atoms with van der Waals surface area (Å²) in [4.78, 5) is 16.3. The molecule has 1 heterocycles. The van der Waals surface area contributed by atoms with E-state index in [9.17, 15) is 4.79 Å². The monoisotopic (exact) mass is 399 g/mol. The summed E-state index contributed by atoms with van der Waals surface area (Å²) in [5.74, 6) is -0.382. The number of rotatable bonds is 5. The summed E-state index contributed by atoms with van der Waals surface area (Å²) in [5.41, 5.74) is 2.76. The number of hydrogen-bond acceptors (Lipinski definition) is 4. The fourth-order valence-corrected chi connectivity index (χ4v) is 3.09. The summed E-state index contributed by atoms with van der Waals surface area (Å²) >= 11 is 4.91. The number of thiazole rings is 1. The van der Waals surface area contributed by atoms with Crippen LogP contribution in [0.1, 0.15) is 11.3 Å². The predicted octanol–water partition coefficient (Wildman–Crippen LogP) is 5.33. The summed E-state index contributed by atoms with van der Waals surface area (Å²) in [5, 5.41) is 2.83. The first kappa shape index (κ1) is 16.6. The lowest BCUT2D eigenvalue weighted by Crippen LogP contribution is -2.00. The van der Waals surface area contributed by atoms with Crippen LogP contribution < -0.4 is 0 Å². The van der Waals surface area contributed by atoms with Gasteiger partial charge in [-0.25, -0.2) is 9.78 Å². The second-order valence-corrected chi connectivity index (χ2v) is 6.78. The molecule has 24 heavy (non-hydrogen) atoms. The van der Waals surface area contributed by atoms with E-state index in [0.717, 1.165) is 26.3 Å². The molecule has 3 aromatic rings. The van der Waals surface area contributed by atoms with E-state index in [-0.39, 0.29) is 12.6 Å². The van der Waals surface area contributed by atoms with Crippen molar-refractivity contribution < 1.29 is 9.53 Å². The topological polar surface area (TPSA) is 39.2 Å². The number of benzene rings is 2. The van der Waals surface area contributed by atoms with Crippen molar-refractivity contribution in [2.24, 2.45) is 0 Å². The van der Waals surface area contributed by atoms with Crippen LogP contribution >= 0.6 is 27.3 Å². The summed E-state index contributed by atoms with van der Waals surface area (Å²) in [6, 6.07) is 17.6. The molecule has 0 aliphatic carbocycles. The molecule has 1 aromatic heterocycles. The molecule has 3 nitrogen and oxygen atoms in total. The number of carbonyl (C=O) groups is 1. The molecule has 0 saturated carbocycles. The molecule has 0 atom stereocenters. The van der Waals surface area contributed by atoms with Crippen molar-refractivity contribution in [3.63, 3.8) is 0 Å². The minimum Gasteiger partial charge on any atom is -0.456 e. The Kier molecular flexibility index (Phi) is 5.56. The Morgan fingerprint density at radius 1 is 1.12 bits per heavy atom. The van der Waals surface area contributed by atoms with Crippen LogP contribution in [-0.2, 0) is 16.1 Å². The van der Waals surface area contributed by atoms with Gasteiger partial charge in [0.2, 0.25) is 0 Å². The number of hydrogen-bond donors (Lipinski definition) is 0. The van der Waals surface area contributed by atoms with Crippen LogP contribution in [0.4, 0.5) is 0 Å². The lowest BCUT2D eigenvalue weighted by molar-refractivity contribution is -0.139. The normalized spacial score (nSPS) is 10.9. The van der Waals surface area contributed by atoms with E-state index in [1.165, 1.54) is 6.08 Å². The molecule has 0 saturated heterocycles. The predicted molar refractivity (Wildman–Crippen MR) is 101 cm³/mol. The van der Waals surface area contributed by atoms with Gasteiger partial charge in [0, 0.05) is 21.5 Å². The van der Waals surface area contributed by atoms with Gasteiger partial charge in [-0.05, 0) is 23.8 Å². The Hall–Kier alpha value is -2.24. The molecule has 2 aromatic carbocycles. The zero-order valence-electron chi connectivity index (χ0n) is 12.7. The van der Waals surface area contributed by atoms with Gasteiger partial charge in [-0.2, -0.15) is 0 Å². The Morgan fingerprint density at radius 2 is 1.88 bits per heavy atom. The first-order valence-electron chi connectivity index (χ1n) is 7.31. The molecule has 0 N–H and O–H groups in total. The number of aromatic nitrogens is 1. The van der Waals surface area contributed by atoms with Gasteiger partial charge in [0.1, 0.15) is 11.6 Å². The third-order valence-electron chi connectivity index (χ3n) is 3.22. The van der Waals surface area contributed by atoms with E-state index in [1.807, 2.05) is 60.0 Å². The lowest BCUT2D eigenvalue weighted by atomic mass is 10.2. The highest BCUT2D eigenvalue weighted by Crippen LogP contribution is 2.23. The third kappa shape index (κ3) is 4.63. The number of ether oxygens (including phenoxy) is 1. The molecule has 0 spiro atoms. The average Bonchev–Trinajstić information content (AvgIpc) is 3.09. The van der Waals surface area contributed by atoms with E-state index in [0.29, 0.717) is 0 Å². The molecule has 0 bridgehead atoms. The van der Waals surface area contributed by atoms with Crippen LogP contribution in [-0.4, -0.2) is 11.0 Å². The smallest absolute Gasteiger partial charge is 0.331 e. The molecular formula is C19H14BrNO2S. The van der Waals surface area contributed by atoms with E-state index in [2.05, 4.69) is 20.9 Å². The van der Waals surface area contributed by atoms with Crippen LogP contribution in [0.5, 0.6) is 0 Å². The summed E-state index contributed by atoms with van der Waals surface area (Å²) in [7, 11) is 0. The van der Waals surface area contributed by atoms with E-state index in [4.69, 9.17) is 4.74 Å². The molecule has 0 amide bonds. The number of halogens is 1. The fourth-order valence-electron chi connectivity index (χ4n) is 2.02. The highest BCUT2D eigenvalue weighted by Gasteiger charge is 2.06. The van der Waals surface area contributed by atoms with Crippen molar-refractivity contribution in [2.45, 2.75) is 6.61 Å². The Balaban J connectivity index is 1.55. The molecule has 5 heteroatoms. The van der Waals surface area contributed by atoms with Gasteiger partial charge in [0.05, 0.1) is 5.69 Å². The summed E-state index contributed by atoms with van der Waals surface area (Å²) in [6.07, 6.45) is 3.15. The molecule has 0 aliphatic heterocycles. The van der Waals surface area contributed by atoms with Gasteiger partial charge < -0.3 is 4.74 Å². The molecule has 0 aliphatic rings. The van der Waals surface area contributed by atoms with Crippen molar-refractivity contribution in [3.05, 3.63) is 81.8 Å². The summed E-state index contributed by atoms with van der Waals surface area (Å²) < 4.78 is 6.23. The highest BCUT2D eigenvalue weighted by atomic mass is 79.9. The standard InChI is InChI=1S/C19H14BrNO2S/c20-16-9-6-14(7-10-16)8-11-18(22)23-12-17-13-24-19(21-17)15-4-2-1-3-5-15/h1-11,13H,12H2/b11-8+. The van der Waals surface area contributed by atoms with Gasteiger partial charge in [0.15, 0.2) is 0 Å². The van der Waals surface area contributed by atoms with Crippen molar-refractivity contribution in [2.75, 3.05) is 0 Å². The maximum Gasteiger partial charge on any atom is 0.331 e. The lowest BCUT2D eigenvalue weighted by Gasteiger charge is -1.99. The van der Waals surface area contributed by atoms with Gasteiger partial charge in [-0.15, -0.1) is 11.3 Å². The van der Waals surface area contributed by atoms with Gasteiger partial charge in [-0.3, -0.25) is 0 Å². The van der Waals surface area contributed by atoms with Crippen molar-refractivity contribution in [3.8, 4) is 10.6 Å². The SMILES string of the molecule is O=C(/C=C/c1ccc(Br)cc1)OCc1csc(-c2ccccc2)n1. The minimum atomic E-state index is -0.382. The minimum absolute atomic E-state index is 0.173. The average molecular weight is 400 g/mol. The summed E-state index contributed by atoms with van der Waals surface area (Å²) in [6.45, 7) is 0.173. The van der Waals surface area contributed by atoms with E-state index >= 15 is 0 Å². The Labute approximate surface area is 152 Å². The molecular weight excluding hydrogens is 386 g/mol. The van der Waals surface area contributed by atoms with Gasteiger partial charge >= 0.3 is 5.97 Å². The first-order chi connectivity index (χ1) is 11.7. The van der Waals surface area contributed by atoms with Gasteiger partial charge in [-0.1, -0.05) is 58.4 Å². The van der Waals surface area contributed by atoms with E-state index < -0.39 is 0 Å². The molecule has 0 radical (unpaired) electrons. The third-order valence-corrected chi connectivity index (χ3v) is 4.69. The quantitative estimate of drug-likeness (QED) is 0.429. The molecule has 120 valence electrons. The molecule has 0 unspecified atom stereocenters. The Bertz CT molecular complexity index is 841. The number of nitrogens with zero attached hydrogens (tertiary/aromatic N) is 1. The zero-order chi connectivity index (χ0) is 16.8. The van der Waals surface area contributed by atoms with Crippen LogP contribution in [0.2, 0.25) is 0 Å². The van der Waals surface area contributed by atoms with Crippen LogP contribution in [0.15, 0.2) is 70.5 Å². The molecule has 3 rings (SSSR count). The Morgan fingerprint density at radius 3 is 2.62 bits per heavy atom. The second kappa shape index (κ2) is 8.04. The zero-order valence-corrected chi connectivity index (χ0v) is 15.1. The van der Waals surface area contributed by atoms with Crippen molar-refractivity contribution in [1.82, 2.24) is 4.98 Å². The number of carbonyl (C=O) groups excluding carboxylic acids is 1. The van der Waals surface area contributed by atoms with Gasteiger partial charge in [0.25, 0.3) is 0 Å². The highest BCUT2D eigenvalue weighted by molar-refractivity contribution is 9.10. The maximum absolute atomic E-state index is 11.8. The van der Waals surface area contributed by atoms with Crippen LogP contribution in [0.3, 0.4) is 0 Å². The van der Waals surface area contributed by atoms with E-state index in [1.54, 1.807) is 17.4 Å². The first-order valence-corrected chi connectivity index (χ1v) is 8.98. The van der Waals surface area contributed by atoms with Crippen molar-refractivity contribution >= 4 is 39.3 Å². The molecule has 0 fully saturated rings. The second-order valence-electron chi connectivity index (χ2n) is 5.00. The number of esters is 1. The van der Waals surface area contributed by atoms with Crippen LogP contribution in [0, 0.1) is 0 Å². The fraction of sp³-hybridized carbons (Fsp3) is 0.0526. The van der Waals surface area contributed by atoms with Crippen molar-refractivity contribution in [1.29, 1.82) is 0 Å². The van der Waals surface area contributed by atoms with Crippen LogP contribution in [0.25, 0.3) is 16.6 Å². The largest absolute Gasteiger partial charge is 0.456 e. The maximum atomic E-state index is 11.8.